The van der Waals surface area contributed by atoms with Gasteiger partial charge in [-0.05, 0) is 43.0 Å². The van der Waals surface area contributed by atoms with Crippen LogP contribution in [0.3, 0.4) is 0 Å². The van der Waals surface area contributed by atoms with Crippen LogP contribution in [0.5, 0.6) is 0 Å². The highest BCUT2D eigenvalue weighted by molar-refractivity contribution is 5.93. The maximum Gasteiger partial charge on any atom is 0.224 e. The number of nitrogens with one attached hydrogen (secondary N) is 2. The van der Waals surface area contributed by atoms with Crippen LogP contribution >= 0.6 is 0 Å². The van der Waals surface area contributed by atoms with Crippen molar-refractivity contribution in [1.82, 2.24) is 5.32 Å². The lowest BCUT2D eigenvalue weighted by Gasteiger charge is -2.27. The van der Waals surface area contributed by atoms with Gasteiger partial charge in [-0.25, -0.2) is 4.39 Å². The monoisotopic (exact) mass is 292 g/mol. The summed E-state index contributed by atoms with van der Waals surface area (Å²) in [6, 6.07) is 3.44. The van der Waals surface area contributed by atoms with Crippen LogP contribution in [0.15, 0.2) is 12.1 Å². The molecule has 2 atom stereocenters. The Kier molecular flexibility index (Phi) is 5.34. The molecule has 1 aliphatic heterocycles. The lowest BCUT2D eigenvalue weighted by atomic mass is 9.88. The molecule has 116 valence electrons. The summed E-state index contributed by atoms with van der Waals surface area (Å²) in [6.07, 6.45) is 3.32. The first-order valence-electron chi connectivity index (χ1n) is 7.92. The molecule has 0 saturated heterocycles. The molecule has 0 radical (unpaired) electrons. The van der Waals surface area contributed by atoms with E-state index >= 15 is 0 Å². The van der Waals surface area contributed by atoms with Crippen LogP contribution in [-0.2, 0) is 11.2 Å². The largest absolute Gasteiger partial charge is 0.326 e. The van der Waals surface area contributed by atoms with E-state index in [1.807, 2.05) is 13.0 Å². The second-order valence-electron chi connectivity index (χ2n) is 5.88. The third-order valence-corrected chi connectivity index (χ3v) is 4.19. The summed E-state index contributed by atoms with van der Waals surface area (Å²) in [7, 11) is 0. The Morgan fingerprint density at radius 3 is 2.76 bits per heavy atom. The first-order chi connectivity index (χ1) is 10.1. The molecule has 21 heavy (non-hydrogen) atoms. The van der Waals surface area contributed by atoms with Crippen LogP contribution < -0.4 is 10.6 Å². The molecule has 4 heteroatoms. The van der Waals surface area contributed by atoms with Gasteiger partial charge in [0.15, 0.2) is 0 Å². The molecule has 2 rings (SSSR count). The molecule has 2 unspecified atom stereocenters. The molecule has 0 bridgehead atoms. The van der Waals surface area contributed by atoms with Crippen molar-refractivity contribution in [3.63, 3.8) is 0 Å². The molecule has 1 amide bonds. The lowest BCUT2D eigenvalue weighted by molar-refractivity contribution is -0.116. The molecule has 0 aliphatic carbocycles. The van der Waals surface area contributed by atoms with E-state index < -0.39 is 0 Å². The van der Waals surface area contributed by atoms with Crippen molar-refractivity contribution >= 4 is 11.6 Å². The fourth-order valence-electron chi connectivity index (χ4n) is 3.12. The Labute approximate surface area is 126 Å². The summed E-state index contributed by atoms with van der Waals surface area (Å²) < 4.78 is 14.5. The van der Waals surface area contributed by atoms with E-state index in [-0.39, 0.29) is 17.8 Å². The molecule has 3 nitrogen and oxygen atoms in total. The van der Waals surface area contributed by atoms with Gasteiger partial charge in [-0.3, -0.25) is 4.79 Å². The van der Waals surface area contributed by atoms with E-state index in [9.17, 15) is 9.18 Å². The summed E-state index contributed by atoms with van der Waals surface area (Å²) >= 11 is 0. The number of carbonyl (C=O) groups excluding carboxylic acids is 1. The number of benzene rings is 1. The van der Waals surface area contributed by atoms with Gasteiger partial charge in [-0.15, -0.1) is 0 Å². The van der Waals surface area contributed by atoms with Gasteiger partial charge >= 0.3 is 0 Å². The van der Waals surface area contributed by atoms with E-state index in [2.05, 4.69) is 24.5 Å². The zero-order valence-electron chi connectivity index (χ0n) is 13.1. The molecule has 0 saturated carbocycles. The smallest absolute Gasteiger partial charge is 0.224 e. The normalized spacial score (nSPS) is 17.0. The maximum absolute atomic E-state index is 14.5. The number of aryl methyl sites for hydroxylation is 1. The van der Waals surface area contributed by atoms with Gasteiger partial charge < -0.3 is 10.6 Å². The Hall–Kier alpha value is -1.42. The van der Waals surface area contributed by atoms with Crippen LogP contribution in [0.25, 0.3) is 0 Å². The topological polar surface area (TPSA) is 41.1 Å². The predicted molar refractivity (Wildman–Crippen MR) is 83.8 cm³/mol. The third kappa shape index (κ3) is 3.62. The summed E-state index contributed by atoms with van der Waals surface area (Å²) in [4.78, 5) is 11.4. The average Bonchev–Trinajstić information content (AvgIpc) is 2.44. The van der Waals surface area contributed by atoms with Gasteiger partial charge in [0.05, 0.1) is 0 Å². The number of fused-ring (bicyclic) bond motifs is 1. The van der Waals surface area contributed by atoms with Crippen molar-refractivity contribution in [1.29, 1.82) is 0 Å². The molecule has 0 fully saturated rings. The van der Waals surface area contributed by atoms with Crippen molar-refractivity contribution < 1.29 is 9.18 Å². The Bertz CT molecular complexity index is 516. The quantitative estimate of drug-likeness (QED) is 0.837. The average molecular weight is 292 g/mol. The van der Waals surface area contributed by atoms with Gasteiger partial charge in [0.2, 0.25) is 5.91 Å². The fraction of sp³-hybridized carbons (Fsp3) is 0.588. The standard InChI is InChI=1S/C17H25FN2O/c1-4-6-11(3)17(19-5-2)13-9-12-7-8-16(21)20-15(12)10-14(13)18/h9-11,17,19H,4-8H2,1-3H3,(H,20,21). The van der Waals surface area contributed by atoms with Crippen LogP contribution in [0.1, 0.15) is 57.2 Å². The van der Waals surface area contributed by atoms with E-state index in [4.69, 9.17) is 0 Å². The third-order valence-electron chi connectivity index (χ3n) is 4.19. The van der Waals surface area contributed by atoms with Gasteiger partial charge in [-0.1, -0.05) is 27.2 Å². The van der Waals surface area contributed by atoms with Gasteiger partial charge in [0, 0.05) is 23.7 Å². The van der Waals surface area contributed by atoms with Crippen LogP contribution in [0.4, 0.5) is 10.1 Å². The first-order valence-corrected chi connectivity index (χ1v) is 7.92. The molecular weight excluding hydrogens is 267 g/mol. The number of halogens is 1. The summed E-state index contributed by atoms with van der Waals surface area (Å²) in [5, 5.41) is 6.17. The number of hydrogen-bond donors (Lipinski definition) is 2. The Morgan fingerprint density at radius 2 is 2.10 bits per heavy atom. The zero-order chi connectivity index (χ0) is 15.4. The van der Waals surface area contributed by atoms with Crippen LogP contribution in [-0.4, -0.2) is 12.5 Å². The van der Waals surface area contributed by atoms with E-state index in [1.165, 1.54) is 6.07 Å². The highest BCUT2D eigenvalue weighted by Gasteiger charge is 2.24. The lowest BCUT2D eigenvalue weighted by Crippen LogP contribution is -2.28. The van der Waals surface area contributed by atoms with E-state index in [0.717, 1.165) is 30.5 Å². The molecule has 1 aromatic rings. The van der Waals surface area contributed by atoms with E-state index in [0.29, 0.717) is 24.4 Å². The van der Waals surface area contributed by atoms with Crippen LogP contribution in [0, 0.1) is 11.7 Å². The molecule has 0 aromatic heterocycles. The molecule has 0 spiro atoms. The minimum atomic E-state index is -0.232. The van der Waals surface area contributed by atoms with Gasteiger partial charge in [0.25, 0.3) is 0 Å². The molecule has 2 N–H and O–H groups in total. The second kappa shape index (κ2) is 7.03. The van der Waals surface area contributed by atoms with Gasteiger partial charge in [-0.2, -0.15) is 0 Å². The zero-order valence-corrected chi connectivity index (χ0v) is 13.1. The van der Waals surface area contributed by atoms with Crippen molar-refractivity contribution in [2.24, 2.45) is 5.92 Å². The van der Waals surface area contributed by atoms with Crippen molar-refractivity contribution in [3.8, 4) is 0 Å². The SMILES string of the molecule is CCCC(C)C(NCC)c1cc2c(cc1F)NC(=O)CC2. The number of carbonyl (C=O) groups is 1. The number of anilines is 1. The summed E-state index contributed by atoms with van der Waals surface area (Å²) in [6.45, 7) is 7.17. The minimum Gasteiger partial charge on any atom is -0.326 e. The summed E-state index contributed by atoms with van der Waals surface area (Å²) in [5.41, 5.74) is 2.40. The van der Waals surface area contributed by atoms with Crippen molar-refractivity contribution in [2.75, 3.05) is 11.9 Å². The second-order valence-corrected chi connectivity index (χ2v) is 5.88. The summed E-state index contributed by atoms with van der Waals surface area (Å²) in [5.74, 6) is 0.114. The minimum absolute atomic E-state index is 0.0258. The first kappa shape index (κ1) is 16.0. The molecule has 1 aliphatic rings. The predicted octanol–water partition coefficient (Wildman–Crippen LogP) is 3.80. The maximum atomic E-state index is 14.5. The highest BCUT2D eigenvalue weighted by Crippen LogP contribution is 2.33. The van der Waals surface area contributed by atoms with E-state index in [1.54, 1.807) is 0 Å². The Balaban J connectivity index is 2.34. The number of hydrogen-bond acceptors (Lipinski definition) is 2. The van der Waals surface area contributed by atoms with Crippen LogP contribution in [0.2, 0.25) is 0 Å². The van der Waals surface area contributed by atoms with Crippen molar-refractivity contribution in [3.05, 3.63) is 29.1 Å². The fourth-order valence-corrected chi connectivity index (χ4v) is 3.12. The molecule has 1 aromatic carbocycles. The van der Waals surface area contributed by atoms with Crippen molar-refractivity contribution in [2.45, 2.75) is 52.5 Å². The number of amides is 1. The number of rotatable bonds is 6. The highest BCUT2D eigenvalue weighted by atomic mass is 19.1. The van der Waals surface area contributed by atoms with Gasteiger partial charge in [0.1, 0.15) is 5.82 Å². The molecular formula is C17H25FN2O. The molecule has 1 heterocycles. The Morgan fingerprint density at radius 1 is 1.33 bits per heavy atom.